The largest absolute Gasteiger partial charge is 0.484 e. The van der Waals surface area contributed by atoms with E-state index in [0.717, 1.165) is 0 Å². The van der Waals surface area contributed by atoms with Gasteiger partial charge in [-0.25, -0.2) is 4.79 Å². The number of esters is 1. The molecule has 0 heterocycles. The van der Waals surface area contributed by atoms with Crippen molar-refractivity contribution in [1.29, 1.82) is 0 Å². The molecule has 0 unspecified atom stereocenters. The van der Waals surface area contributed by atoms with Crippen molar-refractivity contribution in [1.82, 2.24) is 5.32 Å². The van der Waals surface area contributed by atoms with Gasteiger partial charge in [0.25, 0.3) is 5.91 Å². The van der Waals surface area contributed by atoms with E-state index in [9.17, 15) is 9.59 Å². The normalized spacial score (nSPS) is 10.1. The van der Waals surface area contributed by atoms with Crippen molar-refractivity contribution < 1.29 is 19.1 Å². The summed E-state index contributed by atoms with van der Waals surface area (Å²) < 4.78 is 10.2. The highest BCUT2D eigenvalue weighted by molar-refractivity contribution is 5.89. The molecule has 104 valence electrons. The van der Waals surface area contributed by atoms with Crippen LogP contribution in [-0.2, 0) is 9.53 Å². The summed E-state index contributed by atoms with van der Waals surface area (Å²) in [6, 6.07) is 6.63. The SMILES string of the molecule is CCOC(=O)c1cccc(OCC(=O)NC(C)C)c1. The molecule has 1 amide bonds. The highest BCUT2D eigenvalue weighted by atomic mass is 16.5. The first-order chi connectivity index (χ1) is 9.02. The van der Waals surface area contributed by atoms with Gasteiger partial charge < -0.3 is 14.8 Å². The van der Waals surface area contributed by atoms with Gasteiger partial charge in [0.1, 0.15) is 5.75 Å². The van der Waals surface area contributed by atoms with Crippen molar-refractivity contribution in [2.45, 2.75) is 26.8 Å². The number of carbonyl (C=O) groups excluding carboxylic acids is 2. The fourth-order valence-electron chi connectivity index (χ4n) is 1.44. The average molecular weight is 265 g/mol. The molecular formula is C14H19NO4. The molecule has 1 rings (SSSR count). The number of carbonyl (C=O) groups is 2. The van der Waals surface area contributed by atoms with E-state index in [2.05, 4.69) is 5.32 Å². The summed E-state index contributed by atoms with van der Waals surface area (Å²) in [5.74, 6) is -0.138. The molecule has 1 aromatic rings. The molecule has 0 aromatic heterocycles. The molecule has 19 heavy (non-hydrogen) atoms. The highest BCUT2D eigenvalue weighted by Crippen LogP contribution is 2.14. The van der Waals surface area contributed by atoms with Crippen LogP contribution in [0.1, 0.15) is 31.1 Å². The van der Waals surface area contributed by atoms with Gasteiger partial charge in [-0.3, -0.25) is 4.79 Å². The van der Waals surface area contributed by atoms with Gasteiger partial charge in [-0.2, -0.15) is 0 Å². The van der Waals surface area contributed by atoms with Crippen molar-refractivity contribution in [3.8, 4) is 5.75 Å². The topological polar surface area (TPSA) is 64.6 Å². The maximum Gasteiger partial charge on any atom is 0.338 e. The molecule has 5 heteroatoms. The Morgan fingerprint density at radius 3 is 2.68 bits per heavy atom. The molecule has 0 saturated heterocycles. The first-order valence-corrected chi connectivity index (χ1v) is 6.22. The fourth-order valence-corrected chi connectivity index (χ4v) is 1.44. The Bertz CT molecular complexity index is 443. The molecule has 1 N–H and O–H groups in total. The van der Waals surface area contributed by atoms with Crippen LogP contribution in [0, 0.1) is 0 Å². The summed E-state index contributed by atoms with van der Waals surface area (Å²) in [6.07, 6.45) is 0. The number of hydrogen-bond donors (Lipinski definition) is 1. The van der Waals surface area contributed by atoms with Crippen molar-refractivity contribution in [2.75, 3.05) is 13.2 Å². The van der Waals surface area contributed by atoms with Crippen molar-refractivity contribution in [2.24, 2.45) is 0 Å². The zero-order valence-corrected chi connectivity index (χ0v) is 11.4. The quantitative estimate of drug-likeness (QED) is 0.796. The minimum Gasteiger partial charge on any atom is -0.484 e. The number of benzene rings is 1. The molecule has 0 aliphatic carbocycles. The number of amides is 1. The zero-order chi connectivity index (χ0) is 14.3. The van der Waals surface area contributed by atoms with E-state index in [-0.39, 0.29) is 18.6 Å². The first-order valence-electron chi connectivity index (χ1n) is 6.22. The Labute approximate surface area is 112 Å². The van der Waals surface area contributed by atoms with Crippen LogP contribution in [0.2, 0.25) is 0 Å². The molecular weight excluding hydrogens is 246 g/mol. The molecule has 0 aliphatic rings. The zero-order valence-electron chi connectivity index (χ0n) is 11.4. The van der Waals surface area contributed by atoms with Crippen LogP contribution in [0.25, 0.3) is 0 Å². The summed E-state index contributed by atoms with van der Waals surface area (Å²) in [4.78, 5) is 22.9. The van der Waals surface area contributed by atoms with Gasteiger partial charge in [-0.15, -0.1) is 0 Å². The maximum atomic E-state index is 11.5. The van der Waals surface area contributed by atoms with Crippen LogP contribution < -0.4 is 10.1 Å². The van der Waals surface area contributed by atoms with Crippen molar-refractivity contribution in [3.63, 3.8) is 0 Å². The Morgan fingerprint density at radius 1 is 1.32 bits per heavy atom. The predicted molar refractivity (Wildman–Crippen MR) is 71.2 cm³/mol. The Hall–Kier alpha value is -2.04. The summed E-state index contributed by atoms with van der Waals surface area (Å²) in [6.45, 7) is 5.73. The third kappa shape index (κ3) is 5.42. The second-order valence-corrected chi connectivity index (χ2v) is 4.26. The highest BCUT2D eigenvalue weighted by Gasteiger charge is 2.08. The lowest BCUT2D eigenvalue weighted by Gasteiger charge is -2.10. The van der Waals surface area contributed by atoms with Crippen LogP contribution in [0.4, 0.5) is 0 Å². The smallest absolute Gasteiger partial charge is 0.338 e. The van der Waals surface area contributed by atoms with Crippen LogP contribution in [0.3, 0.4) is 0 Å². The standard InChI is InChI=1S/C14H19NO4/c1-4-18-14(17)11-6-5-7-12(8-11)19-9-13(16)15-10(2)3/h5-8,10H,4,9H2,1-3H3,(H,15,16). The van der Waals surface area contributed by atoms with Crippen LogP contribution in [0.15, 0.2) is 24.3 Å². The van der Waals surface area contributed by atoms with E-state index in [0.29, 0.717) is 17.9 Å². The number of rotatable bonds is 6. The van der Waals surface area contributed by atoms with Gasteiger partial charge in [0, 0.05) is 6.04 Å². The lowest BCUT2D eigenvalue weighted by atomic mass is 10.2. The second kappa shape index (κ2) is 7.41. The number of ether oxygens (including phenoxy) is 2. The average Bonchev–Trinajstić information content (AvgIpc) is 2.36. The van der Waals surface area contributed by atoms with E-state index in [1.807, 2.05) is 13.8 Å². The lowest BCUT2D eigenvalue weighted by Crippen LogP contribution is -2.34. The monoisotopic (exact) mass is 265 g/mol. The number of nitrogens with one attached hydrogen (secondary N) is 1. The van der Waals surface area contributed by atoms with E-state index in [4.69, 9.17) is 9.47 Å². The molecule has 0 fully saturated rings. The van der Waals surface area contributed by atoms with Gasteiger partial charge in [-0.05, 0) is 39.0 Å². The summed E-state index contributed by atoms with van der Waals surface area (Å²) >= 11 is 0. The van der Waals surface area contributed by atoms with Gasteiger partial charge in [0.15, 0.2) is 6.61 Å². The molecule has 0 aliphatic heterocycles. The van der Waals surface area contributed by atoms with E-state index >= 15 is 0 Å². The summed E-state index contributed by atoms with van der Waals surface area (Å²) in [5, 5.41) is 2.72. The minimum atomic E-state index is -0.403. The molecule has 1 aromatic carbocycles. The van der Waals surface area contributed by atoms with Gasteiger partial charge in [0.2, 0.25) is 0 Å². The van der Waals surface area contributed by atoms with Crippen LogP contribution in [0.5, 0.6) is 5.75 Å². The van der Waals surface area contributed by atoms with Crippen LogP contribution in [-0.4, -0.2) is 31.1 Å². The summed E-state index contributed by atoms with van der Waals surface area (Å²) in [7, 11) is 0. The van der Waals surface area contributed by atoms with Crippen molar-refractivity contribution in [3.05, 3.63) is 29.8 Å². The van der Waals surface area contributed by atoms with Gasteiger partial charge in [-0.1, -0.05) is 6.07 Å². The molecule has 0 saturated carbocycles. The van der Waals surface area contributed by atoms with Gasteiger partial charge >= 0.3 is 5.97 Å². The Morgan fingerprint density at radius 2 is 2.05 bits per heavy atom. The lowest BCUT2D eigenvalue weighted by molar-refractivity contribution is -0.123. The molecule has 0 spiro atoms. The van der Waals surface area contributed by atoms with Crippen LogP contribution >= 0.6 is 0 Å². The molecule has 5 nitrogen and oxygen atoms in total. The van der Waals surface area contributed by atoms with E-state index in [1.54, 1.807) is 31.2 Å². The van der Waals surface area contributed by atoms with Gasteiger partial charge in [0.05, 0.1) is 12.2 Å². The van der Waals surface area contributed by atoms with Crippen molar-refractivity contribution >= 4 is 11.9 Å². The third-order valence-electron chi connectivity index (χ3n) is 2.16. The van der Waals surface area contributed by atoms with E-state index in [1.165, 1.54) is 0 Å². The third-order valence-corrected chi connectivity index (χ3v) is 2.16. The molecule has 0 atom stereocenters. The fraction of sp³-hybridized carbons (Fsp3) is 0.429. The first kappa shape index (κ1) is 15.0. The minimum absolute atomic E-state index is 0.0713. The maximum absolute atomic E-state index is 11.5. The summed E-state index contributed by atoms with van der Waals surface area (Å²) in [5.41, 5.74) is 0.406. The molecule has 0 radical (unpaired) electrons. The second-order valence-electron chi connectivity index (χ2n) is 4.26. The Balaban J connectivity index is 2.57. The predicted octanol–water partition coefficient (Wildman–Crippen LogP) is 1.77. The van der Waals surface area contributed by atoms with E-state index < -0.39 is 5.97 Å². The number of hydrogen-bond acceptors (Lipinski definition) is 4. The molecule has 0 bridgehead atoms. The Kier molecular flexibility index (Phi) is 5.85.